The summed E-state index contributed by atoms with van der Waals surface area (Å²) < 4.78 is 24.8. The van der Waals surface area contributed by atoms with E-state index in [1.165, 1.54) is 7.05 Å². The van der Waals surface area contributed by atoms with Crippen LogP contribution in [0.1, 0.15) is 19.3 Å². The number of amides is 1. The van der Waals surface area contributed by atoms with Gasteiger partial charge in [0.25, 0.3) is 0 Å². The number of rotatable bonds is 6. The molecule has 1 heterocycles. The van der Waals surface area contributed by atoms with Crippen molar-refractivity contribution in [3.8, 4) is 0 Å². The number of hydrogen-bond acceptors (Lipinski definition) is 4. The summed E-state index contributed by atoms with van der Waals surface area (Å²) in [5, 5.41) is 3.29. The van der Waals surface area contributed by atoms with E-state index in [4.69, 9.17) is 0 Å². The normalized spacial score (nSPS) is 25.6. The van der Waals surface area contributed by atoms with Gasteiger partial charge in [0.05, 0.1) is 11.8 Å². The molecule has 7 heteroatoms. The second-order valence-electron chi connectivity index (χ2n) is 4.63. The van der Waals surface area contributed by atoms with Crippen molar-refractivity contribution in [1.82, 2.24) is 14.9 Å². The Morgan fingerprint density at radius 1 is 1.35 bits per heavy atom. The number of likely N-dealkylation sites (tertiary alicyclic amines) is 1. The fraction of sp³-hybridized carbons (Fsp3) is 0.900. The lowest BCUT2D eigenvalue weighted by Crippen LogP contribution is -2.41. The Hall–Kier alpha value is -0.660. The van der Waals surface area contributed by atoms with Crippen LogP contribution in [-0.2, 0) is 14.8 Å². The van der Waals surface area contributed by atoms with Crippen LogP contribution in [0.4, 0.5) is 0 Å². The van der Waals surface area contributed by atoms with E-state index >= 15 is 0 Å². The first kappa shape index (κ1) is 12.8. The Labute approximate surface area is 102 Å². The van der Waals surface area contributed by atoms with Gasteiger partial charge in [0.2, 0.25) is 15.9 Å². The monoisotopic (exact) mass is 261 g/mol. The molecule has 2 rings (SSSR count). The third-order valence-electron chi connectivity index (χ3n) is 3.25. The second kappa shape index (κ2) is 4.91. The molecule has 1 atom stereocenters. The summed E-state index contributed by atoms with van der Waals surface area (Å²) in [6.45, 7) is 0.938. The van der Waals surface area contributed by atoms with Gasteiger partial charge in [-0.2, -0.15) is 0 Å². The van der Waals surface area contributed by atoms with Gasteiger partial charge in [0.1, 0.15) is 0 Å². The van der Waals surface area contributed by atoms with Gasteiger partial charge in [-0.05, 0) is 26.3 Å². The summed E-state index contributed by atoms with van der Waals surface area (Å²) >= 11 is 0. The maximum Gasteiger partial charge on any atom is 0.239 e. The Morgan fingerprint density at radius 2 is 2.06 bits per heavy atom. The molecule has 0 radical (unpaired) electrons. The zero-order valence-electron chi connectivity index (χ0n) is 9.98. The van der Waals surface area contributed by atoms with E-state index in [-0.39, 0.29) is 24.2 Å². The molecule has 6 nitrogen and oxygen atoms in total. The van der Waals surface area contributed by atoms with Gasteiger partial charge < -0.3 is 10.2 Å². The lowest BCUT2D eigenvalue weighted by Gasteiger charge is -2.16. The van der Waals surface area contributed by atoms with Crippen LogP contribution in [0.15, 0.2) is 0 Å². The largest absolute Gasteiger partial charge is 0.340 e. The van der Waals surface area contributed by atoms with Crippen molar-refractivity contribution in [2.45, 2.75) is 31.3 Å². The molecular weight excluding hydrogens is 242 g/mol. The highest BCUT2D eigenvalue weighted by atomic mass is 32.2. The zero-order valence-corrected chi connectivity index (χ0v) is 10.8. The van der Waals surface area contributed by atoms with E-state index in [0.717, 1.165) is 19.3 Å². The van der Waals surface area contributed by atoms with Crippen LogP contribution in [0.5, 0.6) is 0 Å². The van der Waals surface area contributed by atoms with Crippen LogP contribution < -0.4 is 10.0 Å². The molecule has 98 valence electrons. The maximum absolute atomic E-state index is 11.9. The van der Waals surface area contributed by atoms with Crippen molar-refractivity contribution in [2.75, 3.05) is 25.9 Å². The van der Waals surface area contributed by atoms with Crippen molar-refractivity contribution < 1.29 is 13.2 Å². The number of carbonyl (C=O) groups excluding carboxylic acids is 1. The summed E-state index contributed by atoms with van der Waals surface area (Å²) in [5.74, 6) is 0.0222. The fourth-order valence-corrected chi connectivity index (χ4v) is 2.65. The first-order chi connectivity index (χ1) is 8.02. The molecule has 0 aromatic rings. The molecular formula is C10H19N3O3S. The zero-order chi connectivity index (χ0) is 12.5. The van der Waals surface area contributed by atoms with E-state index in [1.807, 2.05) is 0 Å². The molecule has 2 aliphatic rings. The van der Waals surface area contributed by atoms with Crippen molar-refractivity contribution >= 4 is 15.9 Å². The Bertz CT molecular complexity index is 392. The summed E-state index contributed by atoms with van der Waals surface area (Å²) in [6.07, 6.45) is 3.09. The molecule has 17 heavy (non-hydrogen) atoms. The quantitative estimate of drug-likeness (QED) is 0.635. The Kier molecular flexibility index (Phi) is 3.70. The average molecular weight is 261 g/mol. The SMILES string of the molecule is CNS(=O)(=O)CCN1CCC(NC2CC2)C1=O. The molecule has 0 spiro atoms. The minimum absolute atomic E-state index is 0.0224. The van der Waals surface area contributed by atoms with Gasteiger partial charge in [0.15, 0.2) is 0 Å². The molecule has 1 saturated heterocycles. The maximum atomic E-state index is 11.9. The van der Waals surface area contributed by atoms with E-state index in [9.17, 15) is 13.2 Å². The molecule has 1 aliphatic carbocycles. The van der Waals surface area contributed by atoms with Crippen LogP contribution in [0.2, 0.25) is 0 Å². The third-order valence-corrected chi connectivity index (χ3v) is 4.59. The molecule has 1 unspecified atom stereocenters. The van der Waals surface area contributed by atoms with E-state index in [2.05, 4.69) is 10.0 Å². The number of hydrogen-bond donors (Lipinski definition) is 2. The first-order valence-corrected chi connectivity index (χ1v) is 7.63. The average Bonchev–Trinajstić information content (AvgIpc) is 3.04. The van der Waals surface area contributed by atoms with Gasteiger partial charge in [0, 0.05) is 19.1 Å². The van der Waals surface area contributed by atoms with Crippen molar-refractivity contribution in [3.63, 3.8) is 0 Å². The van der Waals surface area contributed by atoms with E-state index in [0.29, 0.717) is 12.6 Å². The van der Waals surface area contributed by atoms with Gasteiger partial charge in [-0.25, -0.2) is 13.1 Å². The van der Waals surface area contributed by atoms with Crippen molar-refractivity contribution in [1.29, 1.82) is 0 Å². The number of nitrogens with one attached hydrogen (secondary N) is 2. The number of nitrogens with zero attached hydrogens (tertiary/aromatic N) is 1. The minimum Gasteiger partial charge on any atom is -0.340 e. The predicted molar refractivity (Wildman–Crippen MR) is 64.0 cm³/mol. The highest BCUT2D eigenvalue weighted by molar-refractivity contribution is 7.89. The molecule has 0 bridgehead atoms. The lowest BCUT2D eigenvalue weighted by atomic mass is 10.2. The molecule has 2 N–H and O–H groups in total. The molecule has 1 saturated carbocycles. The summed E-state index contributed by atoms with van der Waals surface area (Å²) in [6, 6.07) is 0.407. The topological polar surface area (TPSA) is 78.5 Å². The van der Waals surface area contributed by atoms with Crippen LogP contribution in [0.25, 0.3) is 0 Å². The van der Waals surface area contributed by atoms with Gasteiger partial charge in [-0.15, -0.1) is 0 Å². The highest BCUT2D eigenvalue weighted by Crippen LogP contribution is 2.22. The van der Waals surface area contributed by atoms with Crippen LogP contribution in [0.3, 0.4) is 0 Å². The lowest BCUT2D eigenvalue weighted by molar-refractivity contribution is -0.129. The van der Waals surface area contributed by atoms with Crippen LogP contribution in [-0.4, -0.2) is 57.2 Å². The number of carbonyl (C=O) groups is 1. The van der Waals surface area contributed by atoms with Crippen LogP contribution >= 0.6 is 0 Å². The highest BCUT2D eigenvalue weighted by Gasteiger charge is 2.35. The number of sulfonamides is 1. The predicted octanol–water partition coefficient (Wildman–Crippen LogP) is -1.11. The van der Waals surface area contributed by atoms with E-state index in [1.54, 1.807) is 4.90 Å². The van der Waals surface area contributed by atoms with Crippen molar-refractivity contribution in [3.05, 3.63) is 0 Å². The standard InChI is InChI=1S/C10H19N3O3S/c1-11-17(15,16)7-6-13-5-4-9(10(13)14)12-8-2-3-8/h8-9,11-12H,2-7H2,1H3. The smallest absolute Gasteiger partial charge is 0.239 e. The minimum atomic E-state index is -3.22. The second-order valence-corrected chi connectivity index (χ2v) is 6.68. The molecule has 0 aromatic carbocycles. The van der Waals surface area contributed by atoms with Gasteiger partial charge in [-0.1, -0.05) is 0 Å². The molecule has 1 aliphatic heterocycles. The molecule has 2 fully saturated rings. The first-order valence-electron chi connectivity index (χ1n) is 5.98. The summed E-state index contributed by atoms with van der Waals surface area (Å²) in [5.41, 5.74) is 0. The fourth-order valence-electron chi connectivity index (χ4n) is 1.98. The Morgan fingerprint density at radius 3 is 2.65 bits per heavy atom. The summed E-state index contributed by atoms with van der Waals surface area (Å²) in [7, 11) is -1.84. The summed E-state index contributed by atoms with van der Waals surface area (Å²) in [4.78, 5) is 13.6. The third kappa shape index (κ3) is 3.40. The van der Waals surface area contributed by atoms with Gasteiger partial charge in [-0.3, -0.25) is 4.79 Å². The Balaban J connectivity index is 1.80. The van der Waals surface area contributed by atoms with Gasteiger partial charge >= 0.3 is 0 Å². The van der Waals surface area contributed by atoms with E-state index < -0.39 is 10.0 Å². The van der Waals surface area contributed by atoms with Crippen molar-refractivity contribution in [2.24, 2.45) is 0 Å². The molecule has 0 aromatic heterocycles. The van der Waals surface area contributed by atoms with Crippen LogP contribution in [0, 0.1) is 0 Å². The molecule has 1 amide bonds.